The number of hydrogen-bond acceptors (Lipinski definition) is 7. The molecule has 2 N–H and O–H groups in total. The molecule has 0 aromatic heterocycles. The van der Waals surface area contributed by atoms with E-state index in [9.17, 15) is 14.6 Å². The van der Waals surface area contributed by atoms with E-state index in [1.165, 1.54) is 66.8 Å². The smallest absolute Gasteiger partial charge is 0.160 e. The molecule has 8 aromatic carbocycles. The maximum atomic E-state index is 13.8. The molecular formula is C80H99Cl4FN2O5. The van der Waals surface area contributed by atoms with E-state index < -0.39 is 0 Å². The van der Waals surface area contributed by atoms with Crippen LogP contribution in [0.25, 0.3) is 0 Å². The Labute approximate surface area is 570 Å². The highest BCUT2D eigenvalue weighted by Crippen LogP contribution is 2.33. The standard InChI is InChI=1S/C20H24Cl2O.2C20H25NO2.C19H21Cl2F.CH4/c1-14(4-7-16-8-11-18(21)19(22)13-16)5-9-17-10-6-15(2)12-20(17)23-3;2*1-14-4-8-17-12-21(13-18(17)10-14)15(2)5-6-16-7-9-19(22)20(11-16)23-3;1-13(3-6-15-7-10-17(20)18(21)12-15)4-8-16-9-5-14(2)11-19(16)22;/h6,8,10-14H,4-5,7,9H2,1-3H3;2*4,7-11,15,22H,5-6,12-13H2,1-3H3;5,7,9-13H,3-4,6,8H2,1-2H3;1H4/t;2*15-;;/m.11../s1. The molecular weight excluding hydrogens is 1230 g/mol. The summed E-state index contributed by atoms with van der Waals surface area (Å²) in [5.41, 5.74) is 17.7. The van der Waals surface area contributed by atoms with Gasteiger partial charge in [-0.15, -0.1) is 0 Å². The maximum Gasteiger partial charge on any atom is 0.160 e. The third kappa shape index (κ3) is 23.1. The average molecular weight is 1330 g/mol. The van der Waals surface area contributed by atoms with Crippen LogP contribution in [0.4, 0.5) is 4.39 Å². The van der Waals surface area contributed by atoms with E-state index in [2.05, 4.69) is 119 Å². The molecule has 0 bridgehead atoms. The molecule has 0 saturated carbocycles. The summed E-state index contributed by atoms with van der Waals surface area (Å²) in [4.78, 5) is 5.09. The third-order valence-corrected chi connectivity index (χ3v) is 19.4. The van der Waals surface area contributed by atoms with Crippen LogP contribution in [-0.2, 0) is 64.7 Å². The first-order chi connectivity index (χ1) is 43.6. The van der Waals surface area contributed by atoms with Crippen molar-refractivity contribution in [3.8, 4) is 28.7 Å². The van der Waals surface area contributed by atoms with E-state index in [4.69, 9.17) is 60.6 Å². The summed E-state index contributed by atoms with van der Waals surface area (Å²) in [5, 5.41) is 21.8. The van der Waals surface area contributed by atoms with Crippen LogP contribution in [0.1, 0.15) is 152 Å². The molecule has 0 fully saturated rings. The highest BCUT2D eigenvalue weighted by atomic mass is 35.5. The second kappa shape index (κ2) is 37.0. The van der Waals surface area contributed by atoms with Crippen molar-refractivity contribution in [2.24, 2.45) is 11.8 Å². The quantitative estimate of drug-likeness (QED) is 0.0661. The van der Waals surface area contributed by atoms with Gasteiger partial charge in [-0.2, -0.15) is 0 Å². The molecule has 12 heteroatoms. The van der Waals surface area contributed by atoms with E-state index in [1.807, 2.05) is 73.7 Å². The Hall–Kier alpha value is -6.23. The molecule has 92 heavy (non-hydrogen) atoms. The van der Waals surface area contributed by atoms with Gasteiger partial charge in [0.2, 0.25) is 0 Å². The van der Waals surface area contributed by atoms with Gasteiger partial charge in [-0.05, 0) is 258 Å². The van der Waals surface area contributed by atoms with Crippen LogP contribution >= 0.6 is 46.4 Å². The van der Waals surface area contributed by atoms with Crippen LogP contribution in [0.15, 0.2) is 146 Å². The summed E-state index contributed by atoms with van der Waals surface area (Å²) in [6.45, 7) is 21.6. The SMILES string of the molecule is C.COc1cc(C)ccc1CCC(C)CCc1ccc(Cl)c(Cl)c1.COc1cc(CC[C@@H](C)N2Cc3ccc(C)cc3C2)ccc1O.COc1cc(CC[C@@H](C)N2Cc3ccc(C)cc3C2)ccc1O.Cc1ccc(CCC(C)CCc2ccc(Cl)c(Cl)c2)c(F)c1. The lowest BCUT2D eigenvalue weighted by Crippen LogP contribution is -2.28. The first kappa shape index (κ1) is 74.8. The molecule has 10 rings (SSSR count). The Bertz CT molecular complexity index is 3510. The second-order valence-corrected chi connectivity index (χ2v) is 27.0. The van der Waals surface area contributed by atoms with Crippen LogP contribution in [0.2, 0.25) is 20.1 Å². The number of phenolic OH excluding ortho intramolecular Hbond substituents is 2. The lowest BCUT2D eigenvalue weighted by Gasteiger charge is -2.23. The normalized spacial score (nSPS) is 13.7. The van der Waals surface area contributed by atoms with Crippen LogP contribution in [-0.4, -0.2) is 53.4 Å². The van der Waals surface area contributed by atoms with Gasteiger partial charge >= 0.3 is 0 Å². The minimum absolute atomic E-state index is 0. The fraction of sp³-hybridized carbons (Fsp3) is 0.400. The number of phenols is 2. The molecule has 0 saturated heterocycles. The second-order valence-electron chi connectivity index (χ2n) is 25.4. The van der Waals surface area contributed by atoms with Gasteiger partial charge in [-0.25, -0.2) is 4.39 Å². The van der Waals surface area contributed by atoms with Gasteiger partial charge in [-0.1, -0.05) is 164 Å². The van der Waals surface area contributed by atoms with Crippen molar-refractivity contribution in [1.82, 2.24) is 9.80 Å². The third-order valence-electron chi connectivity index (χ3n) is 17.9. The fourth-order valence-corrected chi connectivity index (χ4v) is 12.5. The zero-order valence-corrected chi connectivity index (χ0v) is 58.4. The van der Waals surface area contributed by atoms with Gasteiger partial charge in [-0.3, -0.25) is 9.80 Å². The van der Waals surface area contributed by atoms with Gasteiger partial charge < -0.3 is 24.4 Å². The number of nitrogens with zero attached hydrogens (tertiary/aromatic N) is 2. The maximum absolute atomic E-state index is 13.8. The summed E-state index contributed by atoms with van der Waals surface area (Å²) < 4.78 is 29.7. The van der Waals surface area contributed by atoms with Gasteiger partial charge in [0.1, 0.15) is 11.6 Å². The van der Waals surface area contributed by atoms with Crippen molar-refractivity contribution in [2.75, 3.05) is 21.3 Å². The Kier molecular flexibility index (Phi) is 30.1. The van der Waals surface area contributed by atoms with E-state index in [1.54, 1.807) is 39.5 Å². The predicted octanol–water partition coefficient (Wildman–Crippen LogP) is 21.9. The zero-order valence-electron chi connectivity index (χ0n) is 55.4. The minimum atomic E-state index is -0.0864. The summed E-state index contributed by atoms with van der Waals surface area (Å²) in [5.74, 6) is 3.62. The topological polar surface area (TPSA) is 74.6 Å². The van der Waals surface area contributed by atoms with Gasteiger partial charge in [0.05, 0.1) is 41.4 Å². The number of aryl methyl sites for hydroxylation is 10. The molecule has 0 spiro atoms. The fourth-order valence-electron chi connectivity index (χ4n) is 11.8. The molecule has 2 aliphatic heterocycles. The first-order valence-corrected chi connectivity index (χ1v) is 33.7. The molecule has 4 atom stereocenters. The molecule has 2 unspecified atom stereocenters. The molecule has 0 radical (unpaired) electrons. The molecule has 2 heterocycles. The molecule has 2 aliphatic rings. The highest BCUT2D eigenvalue weighted by Gasteiger charge is 2.25. The molecule has 7 nitrogen and oxygen atoms in total. The minimum Gasteiger partial charge on any atom is -0.504 e. The van der Waals surface area contributed by atoms with Crippen LogP contribution < -0.4 is 14.2 Å². The van der Waals surface area contributed by atoms with Crippen molar-refractivity contribution in [3.63, 3.8) is 0 Å². The van der Waals surface area contributed by atoms with Crippen LogP contribution in [0.5, 0.6) is 28.7 Å². The number of methoxy groups -OCH3 is 3. The number of rotatable bonds is 23. The zero-order chi connectivity index (χ0) is 65.7. The van der Waals surface area contributed by atoms with Gasteiger partial charge in [0.15, 0.2) is 23.0 Å². The Morgan fingerprint density at radius 1 is 0.380 bits per heavy atom. The largest absolute Gasteiger partial charge is 0.504 e. The van der Waals surface area contributed by atoms with E-state index in [0.29, 0.717) is 55.5 Å². The summed E-state index contributed by atoms with van der Waals surface area (Å²) >= 11 is 24.0. The number of aromatic hydroxyl groups is 2. The van der Waals surface area contributed by atoms with Crippen molar-refractivity contribution >= 4 is 46.4 Å². The first-order valence-electron chi connectivity index (χ1n) is 32.2. The Balaban J connectivity index is 0.000000194. The average Bonchev–Trinajstić information content (AvgIpc) is 1.70. The highest BCUT2D eigenvalue weighted by molar-refractivity contribution is 6.42. The van der Waals surface area contributed by atoms with Crippen LogP contribution in [0.3, 0.4) is 0 Å². The van der Waals surface area contributed by atoms with E-state index >= 15 is 0 Å². The number of ether oxygens (including phenoxy) is 3. The summed E-state index contributed by atoms with van der Waals surface area (Å²) in [6, 6.07) is 49.5. The lowest BCUT2D eigenvalue weighted by atomic mass is 9.94. The Morgan fingerprint density at radius 3 is 1.15 bits per heavy atom. The summed E-state index contributed by atoms with van der Waals surface area (Å²) in [7, 11) is 4.92. The predicted molar refractivity (Wildman–Crippen MR) is 386 cm³/mol. The summed E-state index contributed by atoms with van der Waals surface area (Å²) in [6.07, 6.45) is 12.4. The number of hydrogen-bond donors (Lipinski definition) is 2. The monoisotopic (exact) mass is 1330 g/mol. The lowest BCUT2D eigenvalue weighted by molar-refractivity contribution is 0.203. The van der Waals surface area contributed by atoms with Crippen LogP contribution in [0, 0.1) is 45.3 Å². The van der Waals surface area contributed by atoms with Gasteiger partial charge in [0.25, 0.3) is 0 Å². The Morgan fingerprint density at radius 2 is 0.728 bits per heavy atom. The van der Waals surface area contributed by atoms with Crippen molar-refractivity contribution < 1.29 is 28.8 Å². The molecule has 494 valence electrons. The number of halogens is 5. The molecule has 0 aliphatic carbocycles. The number of benzene rings is 8. The molecule has 8 aromatic rings. The van der Waals surface area contributed by atoms with E-state index in [0.717, 1.165) is 120 Å². The van der Waals surface area contributed by atoms with Crippen molar-refractivity contribution in [1.29, 1.82) is 0 Å². The molecule has 0 amide bonds. The van der Waals surface area contributed by atoms with Gasteiger partial charge in [0, 0.05) is 38.3 Å². The van der Waals surface area contributed by atoms with Crippen molar-refractivity contribution in [2.45, 2.75) is 178 Å². The van der Waals surface area contributed by atoms with Crippen molar-refractivity contribution in [3.05, 3.63) is 249 Å². The number of fused-ring (bicyclic) bond motifs is 2. The van der Waals surface area contributed by atoms with E-state index in [-0.39, 0.29) is 24.7 Å².